The smallest absolute Gasteiger partial charge is 0.254 e. The Morgan fingerprint density at radius 1 is 1.03 bits per heavy atom. The van der Waals surface area contributed by atoms with Crippen molar-refractivity contribution in [2.24, 2.45) is 0 Å². The molecule has 0 aliphatic carbocycles. The predicted octanol–water partition coefficient (Wildman–Crippen LogP) is 2.91. The largest absolute Gasteiger partial charge is 0.487 e. The minimum absolute atomic E-state index is 0.0191. The first-order chi connectivity index (χ1) is 15.2. The number of fused-ring (bicyclic) bond motifs is 1. The maximum Gasteiger partial charge on any atom is 0.254 e. The van der Waals surface area contributed by atoms with Crippen molar-refractivity contribution >= 4 is 22.7 Å². The summed E-state index contributed by atoms with van der Waals surface area (Å²) in [6, 6.07) is 12.4. The van der Waals surface area contributed by atoms with Crippen LogP contribution in [-0.2, 0) is 4.79 Å². The molecule has 2 atom stereocenters. The van der Waals surface area contributed by atoms with Crippen molar-refractivity contribution in [2.45, 2.75) is 31.4 Å². The number of hydrogen-bond donors (Lipinski definition) is 0. The highest BCUT2D eigenvalue weighted by Gasteiger charge is 2.43. The van der Waals surface area contributed by atoms with E-state index in [-0.39, 0.29) is 17.9 Å². The average Bonchev–Trinajstić information content (AvgIpc) is 3.49. The first-order valence-electron chi connectivity index (χ1n) is 10.7. The number of carbonyl (C=O) groups excluding carboxylic acids is 2. The number of nitrogens with zero attached hydrogens (tertiary/aromatic N) is 4. The van der Waals surface area contributed by atoms with Crippen LogP contribution in [0.1, 0.15) is 29.6 Å². The Hall–Kier alpha value is -3.48. The lowest BCUT2D eigenvalue weighted by Gasteiger charge is -2.27. The molecule has 7 heteroatoms. The van der Waals surface area contributed by atoms with E-state index < -0.39 is 6.04 Å². The second-order valence-corrected chi connectivity index (χ2v) is 8.08. The predicted molar refractivity (Wildman–Crippen MR) is 116 cm³/mol. The molecular formula is C24H24N4O3. The number of carbonyl (C=O) groups is 2. The SMILES string of the molecule is O=C([C@@H]1C[C@H](Oc2cccnc2)CN1C(=O)c1ccc2ncccc2c1)N1CCCC1. The lowest BCUT2D eigenvalue weighted by atomic mass is 10.1. The highest BCUT2D eigenvalue weighted by molar-refractivity contribution is 6.00. The third kappa shape index (κ3) is 3.95. The molecule has 0 saturated carbocycles. The molecule has 158 valence electrons. The van der Waals surface area contributed by atoms with Gasteiger partial charge in [0.05, 0.1) is 18.3 Å². The van der Waals surface area contributed by atoms with Crippen molar-refractivity contribution in [2.75, 3.05) is 19.6 Å². The van der Waals surface area contributed by atoms with Crippen molar-refractivity contribution in [3.8, 4) is 5.75 Å². The summed E-state index contributed by atoms with van der Waals surface area (Å²) in [7, 11) is 0. The van der Waals surface area contributed by atoms with E-state index in [9.17, 15) is 9.59 Å². The summed E-state index contributed by atoms with van der Waals surface area (Å²) < 4.78 is 6.07. The van der Waals surface area contributed by atoms with Gasteiger partial charge in [-0.2, -0.15) is 0 Å². The molecule has 2 fully saturated rings. The van der Waals surface area contributed by atoms with Gasteiger partial charge < -0.3 is 14.5 Å². The number of ether oxygens (including phenoxy) is 1. The molecule has 0 bridgehead atoms. The number of pyridine rings is 2. The highest BCUT2D eigenvalue weighted by Crippen LogP contribution is 2.27. The standard InChI is InChI=1S/C24H24N4O3/c29-23(18-7-8-21-17(13-18)5-3-10-26-21)28-16-20(31-19-6-4-9-25-15-19)14-22(28)24(30)27-11-1-2-12-27/h3-10,13,15,20,22H,1-2,11-12,14,16H2/t20-,22-/m0/s1. The molecule has 2 amide bonds. The Morgan fingerprint density at radius 2 is 1.87 bits per heavy atom. The number of rotatable bonds is 4. The molecule has 1 aromatic carbocycles. The van der Waals surface area contributed by atoms with Crippen molar-refractivity contribution in [3.63, 3.8) is 0 Å². The second kappa shape index (κ2) is 8.34. The third-order valence-electron chi connectivity index (χ3n) is 6.01. The van der Waals surface area contributed by atoms with E-state index >= 15 is 0 Å². The molecular weight excluding hydrogens is 392 g/mol. The third-order valence-corrected chi connectivity index (χ3v) is 6.01. The molecule has 0 unspecified atom stereocenters. The van der Waals surface area contributed by atoms with Crippen LogP contribution in [0.25, 0.3) is 10.9 Å². The number of amides is 2. The van der Waals surface area contributed by atoms with Crippen molar-refractivity contribution in [1.29, 1.82) is 0 Å². The molecule has 2 aliphatic heterocycles. The molecule has 0 radical (unpaired) electrons. The van der Waals surface area contributed by atoms with Crippen LogP contribution in [0.4, 0.5) is 0 Å². The molecule has 31 heavy (non-hydrogen) atoms. The van der Waals surface area contributed by atoms with E-state index in [1.165, 1.54) is 0 Å². The first kappa shape index (κ1) is 19.5. The lowest BCUT2D eigenvalue weighted by molar-refractivity contribution is -0.134. The van der Waals surface area contributed by atoms with Gasteiger partial charge in [0.2, 0.25) is 5.91 Å². The van der Waals surface area contributed by atoms with Gasteiger partial charge in [0, 0.05) is 42.9 Å². The van der Waals surface area contributed by atoms with Gasteiger partial charge in [0.1, 0.15) is 17.9 Å². The monoisotopic (exact) mass is 416 g/mol. The molecule has 0 spiro atoms. The van der Waals surface area contributed by atoms with E-state index in [2.05, 4.69) is 9.97 Å². The van der Waals surface area contributed by atoms with Crippen LogP contribution < -0.4 is 4.74 Å². The maximum atomic E-state index is 13.5. The van der Waals surface area contributed by atoms with E-state index in [0.717, 1.165) is 36.8 Å². The van der Waals surface area contributed by atoms with Gasteiger partial charge >= 0.3 is 0 Å². The summed E-state index contributed by atoms with van der Waals surface area (Å²) in [4.78, 5) is 38.7. The number of benzene rings is 1. The average molecular weight is 416 g/mol. The zero-order valence-corrected chi connectivity index (χ0v) is 17.2. The normalized spacial score (nSPS) is 20.9. The quantitative estimate of drug-likeness (QED) is 0.654. The molecule has 2 aromatic heterocycles. The van der Waals surface area contributed by atoms with Gasteiger partial charge in [-0.05, 0) is 49.2 Å². The molecule has 0 N–H and O–H groups in total. The van der Waals surface area contributed by atoms with Crippen molar-refractivity contribution in [1.82, 2.24) is 19.8 Å². The topological polar surface area (TPSA) is 75.6 Å². The van der Waals surface area contributed by atoms with Crippen LogP contribution in [0.2, 0.25) is 0 Å². The van der Waals surface area contributed by atoms with Gasteiger partial charge in [-0.1, -0.05) is 6.07 Å². The molecule has 4 heterocycles. The fourth-order valence-corrected chi connectivity index (χ4v) is 4.47. The van der Waals surface area contributed by atoms with Gasteiger partial charge in [-0.25, -0.2) is 0 Å². The summed E-state index contributed by atoms with van der Waals surface area (Å²) >= 11 is 0. The zero-order chi connectivity index (χ0) is 21.2. The zero-order valence-electron chi connectivity index (χ0n) is 17.2. The summed E-state index contributed by atoms with van der Waals surface area (Å²) in [6.07, 6.45) is 7.32. The van der Waals surface area contributed by atoms with Gasteiger partial charge in [-0.3, -0.25) is 19.6 Å². The summed E-state index contributed by atoms with van der Waals surface area (Å²) in [5.41, 5.74) is 1.39. The number of aromatic nitrogens is 2. The second-order valence-electron chi connectivity index (χ2n) is 8.08. The van der Waals surface area contributed by atoms with E-state index in [1.807, 2.05) is 41.3 Å². The Morgan fingerprint density at radius 3 is 2.68 bits per heavy atom. The number of hydrogen-bond acceptors (Lipinski definition) is 5. The highest BCUT2D eigenvalue weighted by atomic mass is 16.5. The number of likely N-dealkylation sites (tertiary alicyclic amines) is 2. The van der Waals surface area contributed by atoms with E-state index in [4.69, 9.17) is 4.74 Å². The molecule has 7 nitrogen and oxygen atoms in total. The Balaban J connectivity index is 1.42. The van der Waals surface area contributed by atoms with Crippen LogP contribution in [0.5, 0.6) is 5.75 Å². The van der Waals surface area contributed by atoms with Crippen LogP contribution in [-0.4, -0.2) is 63.4 Å². The van der Waals surface area contributed by atoms with Gasteiger partial charge in [-0.15, -0.1) is 0 Å². The minimum Gasteiger partial charge on any atom is -0.487 e. The Labute approximate surface area is 180 Å². The lowest BCUT2D eigenvalue weighted by Crippen LogP contribution is -2.47. The molecule has 2 saturated heterocycles. The Kier molecular flexibility index (Phi) is 5.24. The fraction of sp³-hybridized carbons (Fsp3) is 0.333. The Bertz CT molecular complexity index is 1100. The van der Waals surface area contributed by atoms with Crippen LogP contribution in [0.3, 0.4) is 0 Å². The van der Waals surface area contributed by atoms with Crippen LogP contribution in [0, 0.1) is 0 Å². The van der Waals surface area contributed by atoms with Crippen molar-refractivity contribution < 1.29 is 14.3 Å². The molecule has 2 aliphatic rings. The molecule has 5 rings (SSSR count). The van der Waals surface area contributed by atoms with Gasteiger partial charge in [0.15, 0.2) is 0 Å². The first-order valence-corrected chi connectivity index (χ1v) is 10.7. The fourth-order valence-electron chi connectivity index (χ4n) is 4.47. The van der Waals surface area contributed by atoms with Gasteiger partial charge in [0.25, 0.3) is 5.91 Å². The minimum atomic E-state index is -0.517. The summed E-state index contributed by atoms with van der Waals surface area (Å²) in [5, 5.41) is 0.901. The summed E-state index contributed by atoms with van der Waals surface area (Å²) in [6.45, 7) is 1.88. The van der Waals surface area contributed by atoms with E-state index in [0.29, 0.717) is 24.3 Å². The van der Waals surface area contributed by atoms with Crippen LogP contribution in [0.15, 0.2) is 61.1 Å². The summed E-state index contributed by atoms with van der Waals surface area (Å²) in [5.74, 6) is 0.511. The maximum absolute atomic E-state index is 13.5. The molecule has 3 aromatic rings. The van der Waals surface area contributed by atoms with E-state index in [1.54, 1.807) is 29.6 Å². The van der Waals surface area contributed by atoms with Crippen molar-refractivity contribution in [3.05, 3.63) is 66.6 Å². The van der Waals surface area contributed by atoms with Crippen LogP contribution >= 0.6 is 0 Å².